The molecule has 2 amide bonds. The lowest BCUT2D eigenvalue weighted by Gasteiger charge is -2.30. The van der Waals surface area contributed by atoms with Crippen molar-refractivity contribution in [3.05, 3.63) is 5.01 Å². The van der Waals surface area contributed by atoms with Crippen LogP contribution >= 0.6 is 11.3 Å². The van der Waals surface area contributed by atoms with Crippen LogP contribution in [0.15, 0.2) is 0 Å². The van der Waals surface area contributed by atoms with E-state index >= 15 is 0 Å². The summed E-state index contributed by atoms with van der Waals surface area (Å²) in [6.45, 7) is 1.20. The van der Waals surface area contributed by atoms with Gasteiger partial charge in [0.25, 0.3) is 0 Å². The van der Waals surface area contributed by atoms with E-state index in [0.29, 0.717) is 24.6 Å². The Labute approximate surface area is 146 Å². The Hall–Kier alpha value is -1.70. The van der Waals surface area contributed by atoms with Gasteiger partial charge >= 0.3 is 0 Å². The molecule has 1 atom stereocenters. The zero-order valence-electron chi connectivity index (χ0n) is 13.9. The van der Waals surface area contributed by atoms with E-state index in [1.807, 2.05) is 4.90 Å². The maximum atomic E-state index is 12.7. The van der Waals surface area contributed by atoms with Gasteiger partial charge in [-0.05, 0) is 25.7 Å². The van der Waals surface area contributed by atoms with Crippen LogP contribution in [0.3, 0.4) is 0 Å². The number of nitrogens with two attached hydrogens (primary N) is 1. The van der Waals surface area contributed by atoms with Gasteiger partial charge in [0, 0.05) is 25.4 Å². The number of carbonyl (C=O) groups excluding carboxylic acids is 2. The normalized spacial score (nSPS) is 21.8. The summed E-state index contributed by atoms with van der Waals surface area (Å²) >= 11 is 1.34. The fraction of sp³-hybridized carbons (Fsp3) is 0.750. The maximum absolute atomic E-state index is 12.7. The zero-order chi connectivity index (χ0) is 16.9. The second-order valence-corrected chi connectivity index (χ2v) is 7.69. The fourth-order valence-corrected chi connectivity index (χ4v) is 4.27. The second kappa shape index (κ2) is 7.92. The smallest absolute Gasteiger partial charge is 0.242 e. The number of hydrogen-bond donors (Lipinski definition) is 2. The Kier molecular flexibility index (Phi) is 5.65. The van der Waals surface area contributed by atoms with Crippen LogP contribution in [0.2, 0.25) is 0 Å². The molecule has 1 aliphatic carbocycles. The van der Waals surface area contributed by atoms with Crippen LogP contribution in [-0.2, 0) is 16.0 Å². The Morgan fingerprint density at radius 2 is 1.96 bits per heavy atom. The number of anilines is 1. The first kappa shape index (κ1) is 17.1. The molecule has 7 nitrogen and oxygen atoms in total. The van der Waals surface area contributed by atoms with Crippen molar-refractivity contribution in [2.75, 3.05) is 18.8 Å². The van der Waals surface area contributed by atoms with Crippen molar-refractivity contribution in [1.29, 1.82) is 0 Å². The number of amides is 2. The van der Waals surface area contributed by atoms with Gasteiger partial charge in [0.1, 0.15) is 11.0 Å². The van der Waals surface area contributed by atoms with Crippen molar-refractivity contribution < 1.29 is 9.59 Å². The summed E-state index contributed by atoms with van der Waals surface area (Å²) in [6.07, 6.45) is 7.72. The molecule has 2 heterocycles. The summed E-state index contributed by atoms with van der Waals surface area (Å²) in [5.41, 5.74) is 5.55. The molecule has 24 heavy (non-hydrogen) atoms. The number of nitrogens with one attached hydrogen (secondary N) is 1. The summed E-state index contributed by atoms with van der Waals surface area (Å²) in [7, 11) is 0. The number of likely N-dealkylation sites (tertiary alicyclic amines) is 1. The van der Waals surface area contributed by atoms with Gasteiger partial charge in [-0.2, -0.15) is 0 Å². The van der Waals surface area contributed by atoms with Gasteiger partial charge in [0.05, 0.1) is 0 Å². The van der Waals surface area contributed by atoms with E-state index in [2.05, 4.69) is 15.5 Å². The van der Waals surface area contributed by atoms with Gasteiger partial charge in [-0.1, -0.05) is 30.6 Å². The van der Waals surface area contributed by atoms with E-state index in [4.69, 9.17) is 5.73 Å². The third-order valence-electron chi connectivity index (χ3n) is 4.91. The van der Waals surface area contributed by atoms with Crippen LogP contribution in [0.1, 0.15) is 50.0 Å². The molecule has 8 heteroatoms. The van der Waals surface area contributed by atoms with Gasteiger partial charge in [-0.15, -0.1) is 10.2 Å². The van der Waals surface area contributed by atoms with Gasteiger partial charge in [0.15, 0.2) is 0 Å². The summed E-state index contributed by atoms with van der Waals surface area (Å²) < 4.78 is 0. The molecule has 2 aliphatic rings. The van der Waals surface area contributed by atoms with E-state index in [-0.39, 0.29) is 23.8 Å². The van der Waals surface area contributed by atoms with Crippen LogP contribution in [0.5, 0.6) is 0 Å². The predicted octanol–water partition coefficient (Wildman–Crippen LogP) is 1.35. The van der Waals surface area contributed by atoms with Crippen molar-refractivity contribution in [2.24, 2.45) is 5.92 Å². The minimum atomic E-state index is -0.307. The van der Waals surface area contributed by atoms with Gasteiger partial charge in [-0.3, -0.25) is 9.59 Å². The van der Waals surface area contributed by atoms with Crippen LogP contribution in [0.25, 0.3) is 0 Å². The van der Waals surface area contributed by atoms with Crippen LogP contribution in [0.4, 0.5) is 5.13 Å². The molecule has 1 aliphatic heterocycles. The molecule has 0 radical (unpaired) electrons. The molecule has 0 bridgehead atoms. The van der Waals surface area contributed by atoms with Crippen molar-refractivity contribution in [3.8, 4) is 0 Å². The quantitative estimate of drug-likeness (QED) is 0.834. The number of carbonyl (C=O) groups is 2. The van der Waals surface area contributed by atoms with Crippen molar-refractivity contribution in [3.63, 3.8) is 0 Å². The largest absolute Gasteiger partial charge is 0.374 e. The highest BCUT2D eigenvalue weighted by atomic mass is 32.1. The highest BCUT2D eigenvalue weighted by Crippen LogP contribution is 2.28. The van der Waals surface area contributed by atoms with Crippen LogP contribution < -0.4 is 11.1 Å². The molecule has 1 saturated carbocycles. The molecule has 0 aromatic carbocycles. The summed E-state index contributed by atoms with van der Waals surface area (Å²) in [6, 6.07) is -0.307. The van der Waals surface area contributed by atoms with Gasteiger partial charge in [0.2, 0.25) is 16.9 Å². The number of hydrogen-bond acceptors (Lipinski definition) is 6. The summed E-state index contributed by atoms with van der Waals surface area (Å²) in [5, 5.41) is 11.9. The van der Waals surface area contributed by atoms with Crippen LogP contribution in [0, 0.1) is 5.92 Å². The van der Waals surface area contributed by atoms with Crippen molar-refractivity contribution in [1.82, 2.24) is 20.4 Å². The molecule has 1 aromatic heterocycles. The van der Waals surface area contributed by atoms with Crippen molar-refractivity contribution >= 4 is 28.3 Å². The fourth-order valence-electron chi connectivity index (χ4n) is 3.67. The lowest BCUT2D eigenvalue weighted by molar-refractivity contribution is -0.142. The summed E-state index contributed by atoms with van der Waals surface area (Å²) in [5.74, 6) is 0.259. The first-order valence-electron chi connectivity index (χ1n) is 8.81. The first-order chi connectivity index (χ1) is 11.6. The minimum Gasteiger partial charge on any atom is -0.374 e. The lowest BCUT2D eigenvalue weighted by Crippen LogP contribution is -2.48. The molecule has 3 rings (SSSR count). The monoisotopic (exact) mass is 351 g/mol. The standard InChI is InChI=1S/C16H25N5O2S/c17-16-20-19-13(24-16)8-9-18-14(22)12-7-4-10-21(12)15(23)11-5-2-1-3-6-11/h11-12H,1-10H2,(H2,17,20)(H,18,22). The van der Waals surface area contributed by atoms with Crippen molar-refractivity contribution in [2.45, 2.75) is 57.4 Å². The van der Waals surface area contributed by atoms with E-state index in [0.717, 1.165) is 43.5 Å². The Morgan fingerprint density at radius 1 is 1.17 bits per heavy atom. The highest BCUT2D eigenvalue weighted by Gasteiger charge is 2.37. The number of aromatic nitrogens is 2. The number of nitrogens with zero attached hydrogens (tertiary/aromatic N) is 3. The van der Waals surface area contributed by atoms with E-state index in [9.17, 15) is 9.59 Å². The first-order valence-corrected chi connectivity index (χ1v) is 9.63. The Balaban J connectivity index is 1.50. The molecular formula is C16H25N5O2S. The van der Waals surface area contributed by atoms with E-state index in [1.54, 1.807) is 0 Å². The Morgan fingerprint density at radius 3 is 2.67 bits per heavy atom. The zero-order valence-corrected chi connectivity index (χ0v) is 14.7. The molecule has 0 spiro atoms. The average Bonchev–Trinajstić information content (AvgIpc) is 3.24. The number of nitrogen functional groups attached to an aromatic ring is 1. The molecule has 132 valence electrons. The molecule has 1 aromatic rings. The Bertz CT molecular complexity index is 585. The van der Waals surface area contributed by atoms with Gasteiger partial charge < -0.3 is 16.0 Å². The SMILES string of the molecule is Nc1nnc(CCNC(=O)C2CCCN2C(=O)C2CCCCC2)s1. The molecular weight excluding hydrogens is 326 g/mol. The van der Waals surface area contributed by atoms with E-state index < -0.39 is 0 Å². The molecule has 2 fully saturated rings. The topological polar surface area (TPSA) is 101 Å². The predicted molar refractivity (Wildman–Crippen MR) is 92.3 cm³/mol. The van der Waals surface area contributed by atoms with Gasteiger partial charge in [-0.25, -0.2) is 0 Å². The average molecular weight is 351 g/mol. The molecule has 1 saturated heterocycles. The molecule has 3 N–H and O–H groups in total. The minimum absolute atomic E-state index is 0.0471. The third-order valence-corrected chi connectivity index (χ3v) is 5.73. The van der Waals surface area contributed by atoms with E-state index in [1.165, 1.54) is 17.8 Å². The number of rotatable bonds is 5. The molecule has 1 unspecified atom stereocenters. The van der Waals surface area contributed by atoms with Crippen LogP contribution in [-0.4, -0.2) is 46.0 Å². The summed E-state index contributed by atoms with van der Waals surface area (Å²) in [4.78, 5) is 27.0. The lowest BCUT2D eigenvalue weighted by atomic mass is 9.88. The third kappa shape index (κ3) is 4.03. The maximum Gasteiger partial charge on any atom is 0.242 e. The second-order valence-electron chi connectivity index (χ2n) is 6.60. The highest BCUT2D eigenvalue weighted by molar-refractivity contribution is 7.15.